The number of aryl methyl sites for hydroxylation is 1. The summed E-state index contributed by atoms with van der Waals surface area (Å²) in [5.41, 5.74) is 2.69. The molecule has 0 radical (unpaired) electrons. The van der Waals surface area contributed by atoms with Gasteiger partial charge < -0.3 is 15.2 Å². The van der Waals surface area contributed by atoms with Gasteiger partial charge in [0.05, 0.1) is 6.33 Å². The highest BCUT2D eigenvalue weighted by Gasteiger charge is 2.19. The highest BCUT2D eigenvalue weighted by atomic mass is 35.5. The lowest BCUT2D eigenvalue weighted by Crippen LogP contribution is -2.39. The maximum atomic E-state index is 11.9. The van der Waals surface area contributed by atoms with E-state index in [-0.39, 0.29) is 36.8 Å². The summed E-state index contributed by atoms with van der Waals surface area (Å²) in [6.07, 6.45) is 6.85. The number of imidazole rings is 1. The lowest BCUT2D eigenvalue weighted by atomic mass is 9.94. The topological polar surface area (TPSA) is 59.0 Å². The first-order valence-corrected chi connectivity index (χ1v) is 7.36. The quantitative estimate of drug-likeness (QED) is 0.862. The van der Waals surface area contributed by atoms with Gasteiger partial charge in [-0.15, -0.1) is 24.8 Å². The number of nitrogens with zero attached hydrogens (tertiary/aromatic N) is 2. The fourth-order valence-corrected chi connectivity index (χ4v) is 2.73. The Hall–Kier alpha value is -1.56. The van der Waals surface area contributed by atoms with Gasteiger partial charge in [0.1, 0.15) is 0 Å². The minimum absolute atomic E-state index is 0. The molecule has 0 saturated heterocycles. The first-order valence-electron chi connectivity index (χ1n) is 7.36. The zero-order valence-electron chi connectivity index (χ0n) is 12.8. The van der Waals surface area contributed by atoms with Crippen LogP contribution in [0.1, 0.15) is 23.6 Å². The molecule has 126 valence electrons. The van der Waals surface area contributed by atoms with Gasteiger partial charge in [0.25, 0.3) is 0 Å². The third-order valence-electron chi connectivity index (χ3n) is 3.88. The minimum Gasteiger partial charge on any atom is -0.354 e. The van der Waals surface area contributed by atoms with Crippen LogP contribution >= 0.6 is 24.8 Å². The molecule has 2 N–H and O–H groups in total. The van der Waals surface area contributed by atoms with Gasteiger partial charge >= 0.3 is 0 Å². The van der Waals surface area contributed by atoms with E-state index in [0.29, 0.717) is 19.5 Å². The highest BCUT2D eigenvalue weighted by molar-refractivity contribution is 5.85. The Bertz CT molecular complexity index is 604. The number of halogens is 2. The van der Waals surface area contributed by atoms with Crippen LogP contribution in [0.2, 0.25) is 0 Å². The van der Waals surface area contributed by atoms with Gasteiger partial charge in [-0.05, 0) is 24.1 Å². The van der Waals surface area contributed by atoms with E-state index in [1.54, 1.807) is 12.5 Å². The molecule has 0 spiro atoms. The van der Waals surface area contributed by atoms with E-state index in [1.807, 2.05) is 10.8 Å². The van der Waals surface area contributed by atoms with Crippen LogP contribution in [-0.4, -0.2) is 28.5 Å². The molecule has 1 amide bonds. The number of rotatable bonds is 5. The van der Waals surface area contributed by atoms with E-state index in [9.17, 15) is 4.79 Å². The Morgan fingerprint density at radius 1 is 1.35 bits per heavy atom. The lowest BCUT2D eigenvalue weighted by Gasteiger charge is -2.27. The maximum Gasteiger partial charge on any atom is 0.221 e. The SMILES string of the molecule is Cl.Cl.O=C(CCn1ccnc1)NCC1NCCc2ccccc21. The third kappa shape index (κ3) is 5.23. The average Bonchev–Trinajstić information content (AvgIpc) is 3.04. The lowest BCUT2D eigenvalue weighted by molar-refractivity contribution is -0.121. The van der Waals surface area contributed by atoms with Gasteiger partial charge in [-0.25, -0.2) is 4.98 Å². The fourth-order valence-electron chi connectivity index (χ4n) is 2.73. The molecule has 0 saturated carbocycles. The van der Waals surface area contributed by atoms with E-state index >= 15 is 0 Å². The predicted octanol–water partition coefficient (Wildman–Crippen LogP) is 2.12. The smallest absolute Gasteiger partial charge is 0.221 e. The minimum atomic E-state index is 0. The molecule has 5 nitrogen and oxygen atoms in total. The van der Waals surface area contributed by atoms with E-state index in [2.05, 4.69) is 39.9 Å². The van der Waals surface area contributed by atoms with Crippen LogP contribution < -0.4 is 10.6 Å². The molecule has 1 aliphatic heterocycles. The number of nitrogens with one attached hydrogen (secondary N) is 2. The Kier molecular flexibility index (Phi) is 8.09. The normalized spacial score (nSPS) is 15.7. The maximum absolute atomic E-state index is 11.9. The van der Waals surface area contributed by atoms with Crippen LogP contribution in [0.25, 0.3) is 0 Å². The standard InChI is InChI=1S/C16H20N4O.2ClH/c21-16(6-9-20-10-8-17-12-20)19-11-15-14-4-2-1-3-13(14)5-7-18-15;;/h1-4,8,10,12,15,18H,5-7,9,11H2,(H,19,21);2*1H. The van der Waals surface area contributed by atoms with Crippen molar-refractivity contribution in [2.75, 3.05) is 13.1 Å². The summed E-state index contributed by atoms with van der Waals surface area (Å²) in [6.45, 7) is 2.27. The second kappa shape index (κ2) is 9.55. The van der Waals surface area contributed by atoms with Crippen LogP contribution in [0.3, 0.4) is 0 Å². The summed E-state index contributed by atoms with van der Waals surface area (Å²) in [6, 6.07) is 8.66. The number of benzene rings is 1. The number of hydrogen-bond donors (Lipinski definition) is 2. The second-order valence-corrected chi connectivity index (χ2v) is 5.31. The van der Waals surface area contributed by atoms with Crippen molar-refractivity contribution in [3.8, 4) is 0 Å². The highest BCUT2D eigenvalue weighted by Crippen LogP contribution is 2.21. The molecular formula is C16H22Cl2N4O. The summed E-state index contributed by atoms with van der Waals surface area (Å²) in [7, 11) is 0. The van der Waals surface area contributed by atoms with Crippen molar-refractivity contribution in [3.05, 3.63) is 54.1 Å². The van der Waals surface area contributed by atoms with Crippen molar-refractivity contribution in [1.29, 1.82) is 0 Å². The molecule has 1 unspecified atom stereocenters. The summed E-state index contributed by atoms with van der Waals surface area (Å²) in [5.74, 6) is 0.0774. The molecule has 1 aliphatic rings. The molecule has 1 atom stereocenters. The number of fused-ring (bicyclic) bond motifs is 1. The first kappa shape index (κ1) is 19.5. The summed E-state index contributed by atoms with van der Waals surface area (Å²) in [5, 5.41) is 6.49. The van der Waals surface area contributed by atoms with Crippen LogP contribution in [0.5, 0.6) is 0 Å². The Labute approximate surface area is 148 Å². The van der Waals surface area contributed by atoms with E-state index in [0.717, 1.165) is 13.0 Å². The average molecular weight is 357 g/mol. The molecule has 1 aromatic heterocycles. The molecule has 1 aromatic carbocycles. The molecule has 0 fully saturated rings. The van der Waals surface area contributed by atoms with Crippen LogP contribution in [0.4, 0.5) is 0 Å². The van der Waals surface area contributed by atoms with Crippen LogP contribution in [0, 0.1) is 0 Å². The number of carbonyl (C=O) groups is 1. The second-order valence-electron chi connectivity index (χ2n) is 5.31. The number of carbonyl (C=O) groups excluding carboxylic acids is 1. The molecule has 7 heteroatoms. The molecule has 23 heavy (non-hydrogen) atoms. The largest absolute Gasteiger partial charge is 0.354 e. The van der Waals surface area contributed by atoms with Crippen molar-refractivity contribution < 1.29 is 4.79 Å². The molecular weight excluding hydrogens is 335 g/mol. The van der Waals surface area contributed by atoms with Gasteiger partial charge in [0.15, 0.2) is 0 Å². The molecule has 2 aromatic rings. The zero-order valence-corrected chi connectivity index (χ0v) is 14.4. The van der Waals surface area contributed by atoms with Gasteiger partial charge in [0.2, 0.25) is 5.91 Å². The Balaban J connectivity index is 0.00000132. The van der Waals surface area contributed by atoms with Crippen molar-refractivity contribution in [1.82, 2.24) is 20.2 Å². The first-order chi connectivity index (χ1) is 10.3. The van der Waals surface area contributed by atoms with Gasteiger partial charge in [-0.3, -0.25) is 4.79 Å². The zero-order chi connectivity index (χ0) is 14.5. The number of hydrogen-bond acceptors (Lipinski definition) is 3. The number of amides is 1. The summed E-state index contributed by atoms with van der Waals surface area (Å²) < 4.78 is 1.91. The van der Waals surface area contributed by atoms with Crippen LogP contribution in [0.15, 0.2) is 43.0 Å². The van der Waals surface area contributed by atoms with E-state index in [1.165, 1.54) is 11.1 Å². The van der Waals surface area contributed by atoms with Gasteiger partial charge in [-0.1, -0.05) is 24.3 Å². The Morgan fingerprint density at radius 3 is 2.96 bits per heavy atom. The third-order valence-corrected chi connectivity index (χ3v) is 3.88. The van der Waals surface area contributed by atoms with E-state index < -0.39 is 0 Å². The van der Waals surface area contributed by atoms with E-state index in [4.69, 9.17) is 0 Å². The van der Waals surface area contributed by atoms with Crippen molar-refractivity contribution in [3.63, 3.8) is 0 Å². The predicted molar refractivity (Wildman–Crippen MR) is 95.2 cm³/mol. The van der Waals surface area contributed by atoms with Gasteiger partial charge in [0, 0.05) is 37.9 Å². The fraction of sp³-hybridized carbons (Fsp3) is 0.375. The molecule has 3 rings (SSSR count). The number of aromatic nitrogens is 2. The van der Waals surface area contributed by atoms with Crippen LogP contribution in [-0.2, 0) is 17.8 Å². The van der Waals surface area contributed by atoms with Gasteiger partial charge in [-0.2, -0.15) is 0 Å². The van der Waals surface area contributed by atoms with Crippen molar-refractivity contribution >= 4 is 30.7 Å². The molecule has 2 heterocycles. The van der Waals surface area contributed by atoms with Crippen molar-refractivity contribution in [2.24, 2.45) is 0 Å². The molecule has 0 bridgehead atoms. The monoisotopic (exact) mass is 356 g/mol. The molecule has 0 aliphatic carbocycles. The summed E-state index contributed by atoms with van der Waals surface area (Å²) >= 11 is 0. The Morgan fingerprint density at radius 2 is 2.17 bits per heavy atom. The van der Waals surface area contributed by atoms with Crippen molar-refractivity contribution in [2.45, 2.75) is 25.4 Å². The summed E-state index contributed by atoms with van der Waals surface area (Å²) in [4.78, 5) is 15.9.